The molecule has 0 saturated carbocycles. The van der Waals surface area contributed by atoms with E-state index >= 15 is 0 Å². The standard InChI is InChI=1S/C8H17N3O/c1-9-8(12)5-4-6-10-7-11(2)3/h4,6-9,12H,5H2,1-3H3/b6-4-,10-7?. The molecule has 70 valence electrons. The van der Waals surface area contributed by atoms with Gasteiger partial charge in [0.1, 0.15) is 6.23 Å². The fraction of sp³-hybridized carbons (Fsp3) is 0.625. The second kappa shape index (κ2) is 6.82. The molecule has 0 aromatic carbocycles. The molecule has 0 aromatic rings. The second-order valence-electron chi connectivity index (χ2n) is 2.65. The van der Waals surface area contributed by atoms with Crippen LogP contribution >= 0.6 is 0 Å². The van der Waals surface area contributed by atoms with Crippen LogP contribution in [0.5, 0.6) is 0 Å². The van der Waals surface area contributed by atoms with Crippen molar-refractivity contribution in [3.63, 3.8) is 0 Å². The predicted octanol–water partition coefficient (Wildman–Crippen LogP) is 0.0179. The van der Waals surface area contributed by atoms with E-state index in [1.54, 1.807) is 25.7 Å². The van der Waals surface area contributed by atoms with Crippen molar-refractivity contribution in [2.45, 2.75) is 12.6 Å². The Morgan fingerprint density at radius 1 is 1.58 bits per heavy atom. The zero-order chi connectivity index (χ0) is 9.40. The van der Waals surface area contributed by atoms with E-state index in [-0.39, 0.29) is 0 Å². The molecule has 4 heteroatoms. The van der Waals surface area contributed by atoms with Crippen LogP contribution in [-0.4, -0.2) is 43.7 Å². The highest BCUT2D eigenvalue weighted by Gasteiger charge is 1.92. The lowest BCUT2D eigenvalue weighted by Gasteiger charge is -2.03. The molecule has 0 aliphatic rings. The van der Waals surface area contributed by atoms with Crippen molar-refractivity contribution in [2.75, 3.05) is 21.1 Å². The Labute approximate surface area is 73.6 Å². The monoisotopic (exact) mass is 171 g/mol. The Balaban J connectivity index is 3.49. The number of hydrogen-bond acceptors (Lipinski definition) is 3. The minimum absolute atomic E-state index is 0.476. The number of nitrogens with zero attached hydrogens (tertiary/aromatic N) is 2. The normalized spacial score (nSPS) is 14.3. The fourth-order valence-corrected chi connectivity index (χ4v) is 0.540. The van der Waals surface area contributed by atoms with Gasteiger partial charge < -0.3 is 10.0 Å². The van der Waals surface area contributed by atoms with Crippen molar-refractivity contribution in [1.29, 1.82) is 0 Å². The van der Waals surface area contributed by atoms with E-state index in [2.05, 4.69) is 10.3 Å². The van der Waals surface area contributed by atoms with E-state index < -0.39 is 6.23 Å². The molecule has 1 atom stereocenters. The maximum Gasteiger partial charge on any atom is 0.108 e. The van der Waals surface area contributed by atoms with Crippen molar-refractivity contribution in [2.24, 2.45) is 4.99 Å². The van der Waals surface area contributed by atoms with E-state index in [0.717, 1.165) is 0 Å². The first kappa shape index (κ1) is 11.1. The van der Waals surface area contributed by atoms with Crippen LogP contribution in [0, 0.1) is 0 Å². The number of aliphatic hydroxyl groups excluding tert-OH is 1. The van der Waals surface area contributed by atoms with Crippen LogP contribution in [0.3, 0.4) is 0 Å². The SMILES string of the molecule is CNC(O)C/C=C\N=CN(C)C. The first-order chi connectivity index (χ1) is 5.66. The Hall–Kier alpha value is -0.870. The Morgan fingerprint density at radius 3 is 2.75 bits per heavy atom. The summed E-state index contributed by atoms with van der Waals surface area (Å²) in [4.78, 5) is 5.80. The van der Waals surface area contributed by atoms with Crippen LogP contribution < -0.4 is 5.32 Å². The smallest absolute Gasteiger partial charge is 0.108 e. The molecule has 0 amide bonds. The number of hydrogen-bond donors (Lipinski definition) is 2. The van der Waals surface area contributed by atoms with Crippen molar-refractivity contribution in [3.8, 4) is 0 Å². The third-order valence-electron chi connectivity index (χ3n) is 1.18. The average molecular weight is 171 g/mol. The van der Waals surface area contributed by atoms with Crippen LogP contribution in [-0.2, 0) is 0 Å². The molecule has 0 radical (unpaired) electrons. The lowest BCUT2D eigenvalue weighted by molar-refractivity contribution is 0.150. The van der Waals surface area contributed by atoms with Crippen LogP contribution in [0.2, 0.25) is 0 Å². The van der Waals surface area contributed by atoms with Gasteiger partial charge in [-0.05, 0) is 7.05 Å². The molecule has 0 heterocycles. The van der Waals surface area contributed by atoms with Gasteiger partial charge in [0.2, 0.25) is 0 Å². The van der Waals surface area contributed by atoms with E-state index in [1.807, 2.05) is 19.0 Å². The molecule has 0 bridgehead atoms. The highest BCUT2D eigenvalue weighted by molar-refractivity contribution is 5.54. The van der Waals surface area contributed by atoms with Crippen LogP contribution in [0.4, 0.5) is 0 Å². The highest BCUT2D eigenvalue weighted by Crippen LogP contribution is 1.87. The van der Waals surface area contributed by atoms with Gasteiger partial charge in [0, 0.05) is 26.7 Å². The van der Waals surface area contributed by atoms with E-state index in [4.69, 9.17) is 5.11 Å². The zero-order valence-electron chi connectivity index (χ0n) is 7.86. The summed E-state index contributed by atoms with van der Waals surface area (Å²) in [6.45, 7) is 0. The molecule has 2 N–H and O–H groups in total. The van der Waals surface area contributed by atoms with Gasteiger partial charge in [0.05, 0.1) is 6.34 Å². The lowest BCUT2D eigenvalue weighted by Crippen LogP contribution is -2.23. The maximum absolute atomic E-state index is 9.04. The quantitative estimate of drug-likeness (QED) is 0.348. The van der Waals surface area contributed by atoms with Crippen LogP contribution in [0.25, 0.3) is 0 Å². The van der Waals surface area contributed by atoms with Gasteiger partial charge in [0.15, 0.2) is 0 Å². The maximum atomic E-state index is 9.04. The topological polar surface area (TPSA) is 47.9 Å². The molecule has 4 nitrogen and oxygen atoms in total. The van der Waals surface area contributed by atoms with Crippen molar-refractivity contribution in [3.05, 3.63) is 12.3 Å². The van der Waals surface area contributed by atoms with E-state index in [9.17, 15) is 0 Å². The number of aliphatic hydroxyl groups is 1. The summed E-state index contributed by atoms with van der Waals surface area (Å²) in [6, 6.07) is 0. The fourth-order valence-electron chi connectivity index (χ4n) is 0.540. The van der Waals surface area contributed by atoms with Gasteiger partial charge in [-0.25, -0.2) is 4.99 Å². The molecule has 0 aliphatic carbocycles. The molecule has 0 saturated heterocycles. The van der Waals surface area contributed by atoms with Gasteiger partial charge >= 0.3 is 0 Å². The summed E-state index contributed by atoms with van der Waals surface area (Å²) in [6.07, 6.45) is 5.27. The molecular formula is C8H17N3O. The minimum atomic E-state index is -0.476. The van der Waals surface area contributed by atoms with Gasteiger partial charge in [-0.15, -0.1) is 0 Å². The number of rotatable bonds is 5. The largest absolute Gasteiger partial charge is 0.378 e. The molecule has 12 heavy (non-hydrogen) atoms. The van der Waals surface area contributed by atoms with Gasteiger partial charge in [0.25, 0.3) is 0 Å². The molecule has 0 rings (SSSR count). The Kier molecular flexibility index (Phi) is 6.32. The molecular weight excluding hydrogens is 154 g/mol. The van der Waals surface area contributed by atoms with Gasteiger partial charge in [-0.3, -0.25) is 5.32 Å². The summed E-state index contributed by atoms with van der Waals surface area (Å²) in [5, 5.41) is 11.7. The van der Waals surface area contributed by atoms with Gasteiger partial charge in [-0.2, -0.15) is 0 Å². The average Bonchev–Trinajstić information content (AvgIpc) is 2.03. The Morgan fingerprint density at radius 2 is 2.25 bits per heavy atom. The minimum Gasteiger partial charge on any atom is -0.378 e. The van der Waals surface area contributed by atoms with Crippen molar-refractivity contribution < 1.29 is 5.11 Å². The summed E-state index contributed by atoms with van der Waals surface area (Å²) >= 11 is 0. The third-order valence-corrected chi connectivity index (χ3v) is 1.18. The summed E-state index contributed by atoms with van der Waals surface area (Å²) in [7, 11) is 5.52. The molecule has 0 fully saturated rings. The van der Waals surface area contributed by atoms with Crippen molar-refractivity contribution >= 4 is 6.34 Å². The van der Waals surface area contributed by atoms with Crippen LogP contribution in [0.15, 0.2) is 17.3 Å². The number of nitrogens with one attached hydrogen (secondary N) is 1. The zero-order valence-corrected chi connectivity index (χ0v) is 7.86. The summed E-state index contributed by atoms with van der Waals surface area (Å²) in [5.74, 6) is 0. The summed E-state index contributed by atoms with van der Waals surface area (Å²) < 4.78 is 0. The molecule has 0 aliphatic heterocycles. The van der Waals surface area contributed by atoms with E-state index in [0.29, 0.717) is 6.42 Å². The first-order valence-corrected chi connectivity index (χ1v) is 3.87. The third kappa shape index (κ3) is 7.24. The first-order valence-electron chi connectivity index (χ1n) is 3.87. The second-order valence-corrected chi connectivity index (χ2v) is 2.65. The molecule has 0 spiro atoms. The van der Waals surface area contributed by atoms with E-state index in [1.165, 1.54) is 0 Å². The Bertz CT molecular complexity index is 154. The predicted molar refractivity (Wildman–Crippen MR) is 51.0 cm³/mol. The highest BCUT2D eigenvalue weighted by atomic mass is 16.3. The summed E-state index contributed by atoms with van der Waals surface area (Å²) in [5.41, 5.74) is 0. The van der Waals surface area contributed by atoms with Crippen molar-refractivity contribution in [1.82, 2.24) is 10.2 Å². The van der Waals surface area contributed by atoms with Crippen LogP contribution in [0.1, 0.15) is 6.42 Å². The molecule has 1 unspecified atom stereocenters. The van der Waals surface area contributed by atoms with Gasteiger partial charge in [-0.1, -0.05) is 6.08 Å². The molecule has 0 aromatic heterocycles. The number of aliphatic imine (C=N–C) groups is 1. The lowest BCUT2D eigenvalue weighted by atomic mass is 10.4.